The fourth-order valence-electron chi connectivity index (χ4n) is 2.60. The lowest BCUT2D eigenvalue weighted by Gasteiger charge is -2.16. The molecule has 1 heterocycles. The van der Waals surface area contributed by atoms with Crippen molar-refractivity contribution in [2.24, 2.45) is 0 Å². The number of aromatic nitrogens is 1. The minimum atomic E-state index is -4.06. The number of aliphatic hydroxyl groups is 1. The zero-order valence-corrected chi connectivity index (χ0v) is 13.2. The maximum atomic E-state index is 14.3. The summed E-state index contributed by atoms with van der Waals surface area (Å²) < 4.78 is 60.2. The highest BCUT2D eigenvalue weighted by Crippen LogP contribution is 2.57. The van der Waals surface area contributed by atoms with Crippen LogP contribution in [0.3, 0.4) is 0 Å². The zero-order valence-electron chi connectivity index (χ0n) is 12.4. The van der Waals surface area contributed by atoms with Crippen LogP contribution in [0, 0.1) is 11.3 Å². The maximum Gasteiger partial charge on any atom is 0.312 e. The summed E-state index contributed by atoms with van der Waals surface area (Å²) in [5, 5.41) is 18.7. The van der Waals surface area contributed by atoms with E-state index in [1.807, 2.05) is 6.07 Å². The molecular formula is C16H10F4N2O2S. The maximum absolute atomic E-state index is 14.3. The Kier molecular flexibility index (Phi) is 4.58. The fourth-order valence-corrected chi connectivity index (χ4v) is 3.26. The van der Waals surface area contributed by atoms with Crippen LogP contribution in [0.1, 0.15) is 29.0 Å². The molecule has 0 saturated carbocycles. The van der Waals surface area contributed by atoms with Crippen LogP contribution < -0.4 is 4.74 Å². The molecule has 0 unspecified atom stereocenters. The molecule has 0 saturated heterocycles. The first-order valence-electron chi connectivity index (χ1n) is 6.98. The molecule has 25 heavy (non-hydrogen) atoms. The molecule has 1 aromatic heterocycles. The molecule has 1 aromatic carbocycles. The highest BCUT2D eigenvalue weighted by atomic mass is 32.2. The Labute approximate surface area is 144 Å². The van der Waals surface area contributed by atoms with Crippen molar-refractivity contribution in [2.75, 3.05) is 6.01 Å². The summed E-state index contributed by atoms with van der Waals surface area (Å²) in [6, 6.07) is 4.72. The van der Waals surface area contributed by atoms with Gasteiger partial charge in [0.15, 0.2) is 6.17 Å². The summed E-state index contributed by atoms with van der Waals surface area (Å²) in [6.45, 7) is 0. The van der Waals surface area contributed by atoms with E-state index in [1.54, 1.807) is 0 Å². The first-order valence-corrected chi connectivity index (χ1v) is 7.97. The second-order valence-corrected chi connectivity index (χ2v) is 6.15. The summed E-state index contributed by atoms with van der Waals surface area (Å²) in [4.78, 5) is 3.78. The Morgan fingerprint density at radius 3 is 2.76 bits per heavy atom. The second-order valence-electron chi connectivity index (χ2n) is 5.21. The molecule has 1 N–H and O–H groups in total. The number of rotatable bonds is 4. The Morgan fingerprint density at radius 1 is 1.32 bits per heavy atom. The van der Waals surface area contributed by atoms with Gasteiger partial charge in [-0.1, -0.05) is 11.8 Å². The van der Waals surface area contributed by atoms with E-state index in [4.69, 9.17) is 10.00 Å². The predicted octanol–water partition coefficient (Wildman–Crippen LogP) is 4.46. The van der Waals surface area contributed by atoms with E-state index in [0.717, 1.165) is 0 Å². The molecule has 0 radical (unpaired) electrons. The summed E-state index contributed by atoms with van der Waals surface area (Å²) >= 11 is 0.571. The van der Waals surface area contributed by atoms with Crippen LogP contribution >= 0.6 is 11.8 Å². The number of nitrogens with zero attached hydrogens (tertiary/aromatic N) is 2. The van der Waals surface area contributed by atoms with Crippen LogP contribution in [0.5, 0.6) is 11.5 Å². The van der Waals surface area contributed by atoms with Crippen LogP contribution in [0.15, 0.2) is 35.5 Å². The molecule has 0 fully saturated rings. The Balaban J connectivity index is 2.09. The number of pyridine rings is 1. The third-order valence-corrected chi connectivity index (χ3v) is 4.49. The molecule has 2 aromatic rings. The topological polar surface area (TPSA) is 66.1 Å². The van der Waals surface area contributed by atoms with Gasteiger partial charge in [-0.15, -0.1) is 0 Å². The van der Waals surface area contributed by atoms with E-state index in [1.165, 1.54) is 30.6 Å². The molecule has 0 amide bonds. The van der Waals surface area contributed by atoms with Crippen LogP contribution in [-0.4, -0.2) is 22.0 Å². The molecule has 2 atom stereocenters. The van der Waals surface area contributed by atoms with Gasteiger partial charge >= 0.3 is 5.92 Å². The third-order valence-electron chi connectivity index (χ3n) is 3.72. The smallest absolute Gasteiger partial charge is 0.312 e. The van der Waals surface area contributed by atoms with Crippen molar-refractivity contribution >= 4 is 11.8 Å². The fraction of sp³-hybridized carbons (Fsp3) is 0.250. The second kappa shape index (κ2) is 6.54. The first kappa shape index (κ1) is 17.5. The highest BCUT2D eigenvalue weighted by molar-refractivity contribution is 7.99. The van der Waals surface area contributed by atoms with Gasteiger partial charge in [0.2, 0.25) is 0 Å². The number of thioether (sulfide) groups is 1. The molecular weight excluding hydrogens is 360 g/mol. The van der Waals surface area contributed by atoms with E-state index in [0.29, 0.717) is 11.8 Å². The number of ether oxygens (including phenoxy) is 1. The predicted molar refractivity (Wildman–Crippen MR) is 81.1 cm³/mol. The molecule has 130 valence electrons. The van der Waals surface area contributed by atoms with Gasteiger partial charge in [0.1, 0.15) is 29.7 Å². The Morgan fingerprint density at radius 2 is 2.08 bits per heavy atom. The number of fused-ring (bicyclic) bond motifs is 1. The lowest BCUT2D eigenvalue weighted by molar-refractivity contribution is -0.143. The number of aliphatic hydroxyl groups excluding tert-OH is 1. The SMILES string of the molecule is N#Cc1cncc(Oc2ccc(SCF)c3c2[C@@H](F)C(F)(F)[C@H]3O)c1. The molecule has 1 aliphatic carbocycles. The van der Waals surface area contributed by atoms with Crippen molar-refractivity contribution in [3.63, 3.8) is 0 Å². The number of halogens is 4. The van der Waals surface area contributed by atoms with Gasteiger partial charge in [0, 0.05) is 28.3 Å². The quantitative estimate of drug-likeness (QED) is 0.636. The van der Waals surface area contributed by atoms with Gasteiger partial charge in [-0.05, 0) is 12.1 Å². The summed E-state index contributed by atoms with van der Waals surface area (Å²) in [6.07, 6.45) is -2.71. The Hall–Kier alpha value is -2.31. The monoisotopic (exact) mass is 370 g/mol. The Bertz CT molecular complexity index is 857. The highest BCUT2D eigenvalue weighted by Gasteiger charge is 2.58. The molecule has 4 nitrogen and oxygen atoms in total. The molecule has 0 bridgehead atoms. The molecule has 1 aliphatic rings. The van der Waals surface area contributed by atoms with Crippen molar-refractivity contribution in [2.45, 2.75) is 23.1 Å². The van der Waals surface area contributed by atoms with Crippen LogP contribution in [0.4, 0.5) is 17.6 Å². The van der Waals surface area contributed by atoms with Crippen molar-refractivity contribution in [3.8, 4) is 17.6 Å². The lowest BCUT2D eigenvalue weighted by atomic mass is 10.1. The molecule has 3 rings (SSSR count). The minimum Gasteiger partial charge on any atom is -0.455 e. The standard InChI is InChI=1S/C16H10F4N2O2S/c17-7-25-11-2-1-10(24-9-3-8(4-21)5-22-6-9)12-13(11)15(23)16(19,20)14(12)18/h1-3,5-6,14-15,23H,7H2/t14-,15+/m1/s1. The van der Waals surface area contributed by atoms with E-state index in [-0.39, 0.29) is 27.5 Å². The summed E-state index contributed by atoms with van der Waals surface area (Å²) in [7, 11) is 0. The number of hydrogen-bond donors (Lipinski definition) is 1. The van der Waals surface area contributed by atoms with E-state index in [2.05, 4.69) is 4.98 Å². The number of alkyl halides is 4. The van der Waals surface area contributed by atoms with Crippen molar-refractivity contribution in [1.82, 2.24) is 4.98 Å². The van der Waals surface area contributed by atoms with Gasteiger partial charge in [-0.3, -0.25) is 4.98 Å². The van der Waals surface area contributed by atoms with Crippen molar-refractivity contribution in [1.29, 1.82) is 5.26 Å². The van der Waals surface area contributed by atoms with Gasteiger partial charge in [-0.25, -0.2) is 8.78 Å². The van der Waals surface area contributed by atoms with Crippen LogP contribution in [0.25, 0.3) is 0 Å². The van der Waals surface area contributed by atoms with Crippen molar-refractivity contribution < 1.29 is 27.4 Å². The number of nitriles is 1. The van der Waals surface area contributed by atoms with Gasteiger partial charge in [-0.2, -0.15) is 14.0 Å². The average molecular weight is 370 g/mol. The first-order chi connectivity index (χ1) is 11.9. The number of benzene rings is 1. The average Bonchev–Trinajstić information content (AvgIpc) is 2.78. The van der Waals surface area contributed by atoms with E-state index >= 15 is 0 Å². The minimum absolute atomic E-state index is 0.0149. The van der Waals surface area contributed by atoms with Gasteiger partial charge in [0.05, 0.1) is 11.8 Å². The van der Waals surface area contributed by atoms with Crippen molar-refractivity contribution in [3.05, 3.63) is 47.3 Å². The number of hydrogen-bond acceptors (Lipinski definition) is 5. The largest absolute Gasteiger partial charge is 0.455 e. The molecule has 0 spiro atoms. The summed E-state index contributed by atoms with van der Waals surface area (Å²) in [5.41, 5.74) is -0.749. The summed E-state index contributed by atoms with van der Waals surface area (Å²) in [5.74, 6) is -4.26. The van der Waals surface area contributed by atoms with Crippen LogP contribution in [0.2, 0.25) is 0 Å². The van der Waals surface area contributed by atoms with Crippen LogP contribution in [-0.2, 0) is 0 Å². The molecule has 0 aliphatic heterocycles. The molecule has 9 heteroatoms. The van der Waals surface area contributed by atoms with Gasteiger partial charge in [0.25, 0.3) is 0 Å². The van der Waals surface area contributed by atoms with E-state index < -0.39 is 29.8 Å². The third kappa shape index (κ3) is 2.92. The zero-order chi connectivity index (χ0) is 18.2. The van der Waals surface area contributed by atoms with Gasteiger partial charge < -0.3 is 9.84 Å². The normalized spacial score (nSPS) is 20.8. The van der Waals surface area contributed by atoms with E-state index in [9.17, 15) is 22.7 Å². The lowest BCUT2D eigenvalue weighted by Crippen LogP contribution is -2.24.